The predicted octanol–water partition coefficient (Wildman–Crippen LogP) is 2.99. The first-order chi connectivity index (χ1) is 13.0. The quantitative estimate of drug-likeness (QED) is 0.740. The van der Waals surface area contributed by atoms with Crippen molar-refractivity contribution in [3.63, 3.8) is 0 Å². The lowest BCUT2D eigenvalue weighted by atomic mass is 9.92. The fourth-order valence-corrected chi connectivity index (χ4v) is 5.07. The number of amides is 2. The number of piperazine rings is 1. The second kappa shape index (κ2) is 9.40. The first-order valence-electron chi connectivity index (χ1n) is 11.3. The summed E-state index contributed by atoms with van der Waals surface area (Å²) in [5, 5.41) is 0. The maximum Gasteiger partial charge on any atom is 0.240 e. The van der Waals surface area contributed by atoms with Crippen LogP contribution in [0.2, 0.25) is 0 Å². The van der Waals surface area contributed by atoms with Gasteiger partial charge in [0, 0.05) is 45.7 Å². The summed E-state index contributed by atoms with van der Waals surface area (Å²) in [6.45, 7) is 11.6. The first-order valence-corrected chi connectivity index (χ1v) is 11.3. The minimum Gasteiger partial charge on any atom is -0.341 e. The maximum absolute atomic E-state index is 13.5. The van der Waals surface area contributed by atoms with Gasteiger partial charge in [0.05, 0.1) is 6.04 Å². The van der Waals surface area contributed by atoms with E-state index in [0.29, 0.717) is 24.2 Å². The van der Waals surface area contributed by atoms with Crippen molar-refractivity contribution in [2.75, 3.05) is 39.3 Å². The van der Waals surface area contributed by atoms with Crippen LogP contribution in [0.3, 0.4) is 0 Å². The summed E-state index contributed by atoms with van der Waals surface area (Å²) in [6.07, 6.45) is 7.81. The summed E-state index contributed by atoms with van der Waals surface area (Å²) >= 11 is 0. The van der Waals surface area contributed by atoms with Crippen LogP contribution in [0.5, 0.6) is 0 Å². The zero-order valence-corrected chi connectivity index (χ0v) is 17.7. The second-order valence-corrected chi connectivity index (χ2v) is 9.51. The van der Waals surface area contributed by atoms with E-state index < -0.39 is 0 Å². The van der Waals surface area contributed by atoms with Crippen LogP contribution in [0.15, 0.2) is 0 Å². The van der Waals surface area contributed by atoms with Crippen LogP contribution in [-0.2, 0) is 9.59 Å². The van der Waals surface area contributed by atoms with E-state index in [0.717, 1.165) is 58.0 Å². The third kappa shape index (κ3) is 5.24. The molecule has 2 heterocycles. The number of carbonyl (C=O) groups excluding carboxylic acids is 2. The van der Waals surface area contributed by atoms with Crippen molar-refractivity contribution in [3.8, 4) is 0 Å². The molecule has 2 aliphatic heterocycles. The van der Waals surface area contributed by atoms with Crippen LogP contribution < -0.4 is 0 Å². The summed E-state index contributed by atoms with van der Waals surface area (Å²) in [6, 6.07) is 0.0447. The number of rotatable bonds is 5. The highest BCUT2D eigenvalue weighted by atomic mass is 16.2. The number of hydrogen-bond donors (Lipinski definition) is 0. The molecule has 0 N–H and O–H groups in total. The highest BCUT2D eigenvalue weighted by Gasteiger charge is 2.39. The normalized spacial score (nSPS) is 24.6. The van der Waals surface area contributed by atoms with E-state index in [1.54, 1.807) is 0 Å². The molecular weight excluding hydrogens is 338 g/mol. The minimum atomic E-state index is 0.0447. The van der Waals surface area contributed by atoms with Crippen LogP contribution in [0, 0.1) is 17.8 Å². The number of hydrogen-bond acceptors (Lipinski definition) is 3. The van der Waals surface area contributed by atoms with Gasteiger partial charge in [-0.15, -0.1) is 0 Å². The van der Waals surface area contributed by atoms with Crippen LogP contribution >= 0.6 is 0 Å². The first kappa shape index (κ1) is 20.6. The molecular formula is C22H39N3O2. The smallest absolute Gasteiger partial charge is 0.240 e. The molecule has 1 saturated carbocycles. The third-order valence-electron chi connectivity index (χ3n) is 6.84. The zero-order valence-electron chi connectivity index (χ0n) is 17.7. The Kier molecular flexibility index (Phi) is 7.18. The molecule has 5 heteroatoms. The maximum atomic E-state index is 13.5. The van der Waals surface area contributed by atoms with Crippen molar-refractivity contribution in [1.29, 1.82) is 0 Å². The standard InChI is InChI=1S/C22H39N3O2/c1-17(2)16-20(26)23-12-14-24(15-13-23)21(19-6-4-5-7-19)22(27)25-10-8-18(3)9-11-25/h17-19,21H,4-16H2,1-3H3/t21-/m1/s1. The van der Waals surface area contributed by atoms with Gasteiger partial charge in [0.2, 0.25) is 11.8 Å². The molecule has 27 heavy (non-hydrogen) atoms. The van der Waals surface area contributed by atoms with Crippen molar-refractivity contribution >= 4 is 11.8 Å². The van der Waals surface area contributed by atoms with E-state index in [-0.39, 0.29) is 11.9 Å². The fraction of sp³-hybridized carbons (Fsp3) is 0.909. The molecule has 0 spiro atoms. The number of likely N-dealkylation sites (tertiary alicyclic amines) is 1. The van der Waals surface area contributed by atoms with Crippen molar-refractivity contribution in [3.05, 3.63) is 0 Å². The molecule has 0 unspecified atom stereocenters. The van der Waals surface area contributed by atoms with Gasteiger partial charge in [0.25, 0.3) is 0 Å². The van der Waals surface area contributed by atoms with Crippen LogP contribution in [0.4, 0.5) is 0 Å². The average Bonchev–Trinajstić information content (AvgIpc) is 3.16. The summed E-state index contributed by atoms with van der Waals surface area (Å²) in [5.41, 5.74) is 0. The zero-order chi connectivity index (χ0) is 19.4. The Hall–Kier alpha value is -1.10. The minimum absolute atomic E-state index is 0.0447. The van der Waals surface area contributed by atoms with E-state index in [2.05, 4.69) is 30.6 Å². The van der Waals surface area contributed by atoms with E-state index >= 15 is 0 Å². The Balaban J connectivity index is 1.62. The molecule has 1 atom stereocenters. The van der Waals surface area contributed by atoms with E-state index in [9.17, 15) is 9.59 Å². The van der Waals surface area contributed by atoms with E-state index in [1.807, 2.05) is 4.90 Å². The topological polar surface area (TPSA) is 43.9 Å². The summed E-state index contributed by atoms with van der Waals surface area (Å²) in [4.78, 5) is 32.4. The largest absolute Gasteiger partial charge is 0.341 e. The van der Waals surface area contributed by atoms with E-state index in [1.165, 1.54) is 25.7 Å². The van der Waals surface area contributed by atoms with Crippen LogP contribution in [-0.4, -0.2) is 71.8 Å². The number of piperidine rings is 1. The Morgan fingerprint density at radius 3 is 2.00 bits per heavy atom. The Labute approximate surface area is 165 Å². The monoisotopic (exact) mass is 377 g/mol. The molecule has 5 nitrogen and oxygen atoms in total. The average molecular weight is 378 g/mol. The van der Waals surface area contributed by atoms with Gasteiger partial charge < -0.3 is 9.80 Å². The van der Waals surface area contributed by atoms with Gasteiger partial charge in [-0.25, -0.2) is 0 Å². The second-order valence-electron chi connectivity index (χ2n) is 9.51. The van der Waals surface area contributed by atoms with Crippen LogP contribution in [0.1, 0.15) is 65.7 Å². The molecule has 0 aromatic rings. The highest BCUT2D eigenvalue weighted by Crippen LogP contribution is 2.32. The lowest BCUT2D eigenvalue weighted by Gasteiger charge is -2.43. The number of nitrogens with zero attached hydrogens (tertiary/aromatic N) is 3. The van der Waals surface area contributed by atoms with Crippen molar-refractivity contribution in [2.24, 2.45) is 17.8 Å². The lowest BCUT2D eigenvalue weighted by molar-refractivity contribution is -0.142. The summed E-state index contributed by atoms with van der Waals surface area (Å²) in [7, 11) is 0. The molecule has 0 aromatic heterocycles. The molecule has 2 saturated heterocycles. The highest BCUT2D eigenvalue weighted by molar-refractivity contribution is 5.82. The van der Waals surface area contributed by atoms with Gasteiger partial charge in [-0.05, 0) is 43.4 Å². The summed E-state index contributed by atoms with van der Waals surface area (Å²) < 4.78 is 0. The predicted molar refractivity (Wildman–Crippen MR) is 108 cm³/mol. The van der Waals surface area contributed by atoms with Gasteiger partial charge in [-0.2, -0.15) is 0 Å². The van der Waals surface area contributed by atoms with Gasteiger partial charge >= 0.3 is 0 Å². The third-order valence-corrected chi connectivity index (χ3v) is 6.84. The molecule has 0 radical (unpaired) electrons. The molecule has 0 aromatic carbocycles. The van der Waals surface area contributed by atoms with Gasteiger partial charge in [-0.1, -0.05) is 33.6 Å². The molecule has 3 fully saturated rings. The van der Waals surface area contributed by atoms with Crippen LogP contribution in [0.25, 0.3) is 0 Å². The summed E-state index contributed by atoms with van der Waals surface area (Å²) in [5.74, 6) is 2.31. The van der Waals surface area contributed by atoms with Gasteiger partial charge in [-0.3, -0.25) is 14.5 Å². The molecule has 2 amide bonds. The molecule has 1 aliphatic carbocycles. The molecule has 3 aliphatic rings. The Morgan fingerprint density at radius 2 is 1.44 bits per heavy atom. The van der Waals surface area contributed by atoms with Crippen molar-refractivity contribution < 1.29 is 9.59 Å². The molecule has 0 bridgehead atoms. The fourth-order valence-electron chi connectivity index (χ4n) is 5.07. The Morgan fingerprint density at radius 1 is 0.852 bits per heavy atom. The van der Waals surface area contributed by atoms with E-state index in [4.69, 9.17) is 0 Å². The van der Waals surface area contributed by atoms with Crippen molar-refractivity contribution in [2.45, 2.75) is 71.8 Å². The van der Waals surface area contributed by atoms with Gasteiger partial charge in [0.1, 0.15) is 0 Å². The lowest BCUT2D eigenvalue weighted by Crippen LogP contribution is -2.59. The van der Waals surface area contributed by atoms with Gasteiger partial charge in [0.15, 0.2) is 0 Å². The van der Waals surface area contributed by atoms with Crippen molar-refractivity contribution in [1.82, 2.24) is 14.7 Å². The SMILES string of the molecule is CC(C)CC(=O)N1CCN([C@@H](C(=O)N2CCC(C)CC2)C2CCCC2)CC1. The molecule has 3 rings (SSSR count). The Bertz CT molecular complexity index is 500. The molecule has 154 valence electrons. The number of carbonyl (C=O) groups is 2.